The van der Waals surface area contributed by atoms with E-state index in [4.69, 9.17) is 11.6 Å². The molecule has 0 saturated carbocycles. The fourth-order valence-corrected chi connectivity index (χ4v) is 3.80. The molecule has 1 aliphatic rings. The van der Waals surface area contributed by atoms with Gasteiger partial charge in [-0.25, -0.2) is 8.42 Å². The second-order valence-electron chi connectivity index (χ2n) is 6.07. The van der Waals surface area contributed by atoms with Crippen molar-refractivity contribution >= 4 is 39.8 Å². The first kappa shape index (κ1) is 20.7. The molecule has 1 atom stereocenters. The molecule has 2 aromatic rings. The summed E-state index contributed by atoms with van der Waals surface area (Å²) < 4.78 is 23.1. The first-order valence-electron chi connectivity index (χ1n) is 7.93. The van der Waals surface area contributed by atoms with Gasteiger partial charge in [-0.3, -0.25) is 4.79 Å². The molecule has 1 unspecified atom stereocenters. The van der Waals surface area contributed by atoms with Crippen molar-refractivity contribution in [2.24, 2.45) is 0 Å². The minimum Gasteiger partial charge on any atom is -0.329 e. The number of piperazine rings is 1. The predicted molar refractivity (Wildman–Crippen MR) is 105 cm³/mol. The largest absolute Gasteiger partial charge is 0.329 e. The Labute approximate surface area is 164 Å². The van der Waals surface area contributed by atoms with Crippen LogP contribution in [0.3, 0.4) is 0 Å². The lowest BCUT2D eigenvalue weighted by Crippen LogP contribution is -2.48. The maximum Gasteiger partial charge on any atom is 0.254 e. The molecule has 1 fully saturated rings. The fraction of sp³-hybridized carbons (Fsp3) is 0.278. The lowest BCUT2D eigenvalue weighted by molar-refractivity contribution is 0.0634. The lowest BCUT2D eigenvalue weighted by Gasteiger charge is -2.36. The Morgan fingerprint density at radius 2 is 1.88 bits per heavy atom. The van der Waals surface area contributed by atoms with Crippen LogP contribution in [0.25, 0.3) is 0 Å². The zero-order valence-electron chi connectivity index (χ0n) is 14.2. The maximum atomic E-state index is 12.9. The van der Waals surface area contributed by atoms with Crippen LogP contribution in [0.5, 0.6) is 0 Å². The number of hydrogen-bond donors (Lipinski definition) is 1. The van der Waals surface area contributed by atoms with Crippen LogP contribution >= 0.6 is 24.0 Å². The number of amides is 1. The zero-order chi connectivity index (χ0) is 18.0. The standard InChI is InChI=1S/C18H19ClN2O3S.ClH/c1-25(23,24)16-7-5-13(6-8-16)18(22)21-10-9-20-12-17(21)14-3-2-4-15(19)11-14;/h2-8,11,17,20H,9-10,12H2,1H3;1H. The van der Waals surface area contributed by atoms with E-state index in [0.29, 0.717) is 30.2 Å². The van der Waals surface area contributed by atoms with Crippen LogP contribution in [0.2, 0.25) is 5.02 Å². The number of nitrogens with one attached hydrogen (secondary N) is 1. The number of benzene rings is 2. The van der Waals surface area contributed by atoms with Crippen molar-refractivity contribution in [2.75, 3.05) is 25.9 Å². The summed E-state index contributed by atoms with van der Waals surface area (Å²) in [6.07, 6.45) is 1.15. The second kappa shape index (κ2) is 8.39. The molecule has 2 aromatic carbocycles. The van der Waals surface area contributed by atoms with E-state index in [2.05, 4.69) is 5.32 Å². The van der Waals surface area contributed by atoms with Crippen molar-refractivity contribution in [1.82, 2.24) is 10.2 Å². The molecule has 1 aliphatic heterocycles. The third kappa shape index (κ3) is 4.57. The summed E-state index contributed by atoms with van der Waals surface area (Å²) in [6.45, 7) is 1.93. The molecule has 0 spiro atoms. The van der Waals surface area contributed by atoms with E-state index in [-0.39, 0.29) is 29.3 Å². The van der Waals surface area contributed by atoms with Crippen LogP contribution in [0.4, 0.5) is 0 Å². The SMILES string of the molecule is CS(=O)(=O)c1ccc(C(=O)N2CCNCC2c2cccc(Cl)c2)cc1.Cl. The average molecular weight is 415 g/mol. The Hall–Kier alpha value is -1.60. The van der Waals surface area contributed by atoms with Crippen LogP contribution in [-0.4, -0.2) is 45.1 Å². The van der Waals surface area contributed by atoms with Gasteiger partial charge in [0.05, 0.1) is 10.9 Å². The molecule has 26 heavy (non-hydrogen) atoms. The van der Waals surface area contributed by atoms with Gasteiger partial charge in [0.15, 0.2) is 9.84 Å². The fourth-order valence-electron chi connectivity index (χ4n) is 2.97. The van der Waals surface area contributed by atoms with Crippen molar-refractivity contribution in [2.45, 2.75) is 10.9 Å². The van der Waals surface area contributed by atoms with Gasteiger partial charge < -0.3 is 10.2 Å². The molecular weight excluding hydrogens is 395 g/mol. The van der Waals surface area contributed by atoms with Gasteiger partial charge in [-0.05, 0) is 42.0 Å². The Balaban J connectivity index is 0.00000243. The van der Waals surface area contributed by atoms with Gasteiger partial charge in [0.2, 0.25) is 0 Å². The highest BCUT2D eigenvalue weighted by Crippen LogP contribution is 2.26. The molecule has 1 amide bonds. The number of nitrogens with zero attached hydrogens (tertiary/aromatic N) is 1. The highest BCUT2D eigenvalue weighted by atomic mass is 35.5. The summed E-state index contributed by atoms with van der Waals surface area (Å²) in [5, 5.41) is 3.93. The number of carbonyl (C=O) groups excluding carboxylic acids is 1. The molecule has 1 N–H and O–H groups in total. The number of sulfone groups is 1. The van der Waals surface area contributed by atoms with Crippen molar-refractivity contribution < 1.29 is 13.2 Å². The van der Waals surface area contributed by atoms with Gasteiger partial charge in [-0.2, -0.15) is 0 Å². The molecule has 140 valence electrons. The molecule has 3 rings (SSSR count). The van der Waals surface area contributed by atoms with Gasteiger partial charge in [-0.15, -0.1) is 12.4 Å². The minimum absolute atomic E-state index is 0. The average Bonchev–Trinajstić information content (AvgIpc) is 2.60. The molecule has 0 aromatic heterocycles. The monoisotopic (exact) mass is 414 g/mol. The Kier molecular flexibility index (Phi) is 6.69. The van der Waals surface area contributed by atoms with Gasteiger partial charge >= 0.3 is 0 Å². The van der Waals surface area contributed by atoms with E-state index >= 15 is 0 Å². The Morgan fingerprint density at radius 1 is 1.19 bits per heavy atom. The van der Waals surface area contributed by atoms with Crippen LogP contribution in [0.15, 0.2) is 53.4 Å². The summed E-state index contributed by atoms with van der Waals surface area (Å²) >= 11 is 6.09. The molecule has 5 nitrogen and oxygen atoms in total. The maximum absolute atomic E-state index is 12.9. The Morgan fingerprint density at radius 3 is 2.50 bits per heavy atom. The molecule has 0 radical (unpaired) electrons. The quantitative estimate of drug-likeness (QED) is 0.837. The molecule has 1 saturated heterocycles. The van der Waals surface area contributed by atoms with Crippen LogP contribution in [-0.2, 0) is 9.84 Å². The summed E-state index contributed by atoms with van der Waals surface area (Å²) in [5.74, 6) is -0.119. The highest BCUT2D eigenvalue weighted by Gasteiger charge is 2.28. The Bertz CT molecular complexity index is 886. The summed E-state index contributed by atoms with van der Waals surface area (Å²) in [4.78, 5) is 15.0. The molecular formula is C18H20Cl2N2O3S. The summed E-state index contributed by atoms with van der Waals surface area (Å²) in [6, 6.07) is 13.5. The third-order valence-corrected chi connectivity index (χ3v) is 5.63. The second-order valence-corrected chi connectivity index (χ2v) is 8.52. The van der Waals surface area contributed by atoms with E-state index in [1.807, 2.05) is 18.2 Å². The van der Waals surface area contributed by atoms with Crippen LogP contribution < -0.4 is 5.32 Å². The highest BCUT2D eigenvalue weighted by molar-refractivity contribution is 7.90. The van der Waals surface area contributed by atoms with Crippen molar-refractivity contribution in [1.29, 1.82) is 0 Å². The van der Waals surface area contributed by atoms with Crippen molar-refractivity contribution in [3.05, 3.63) is 64.7 Å². The number of halogens is 2. The number of rotatable bonds is 3. The first-order chi connectivity index (χ1) is 11.9. The summed E-state index contributed by atoms with van der Waals surface area (Å²) in [7, 11) is -3.28. The van der Waals surface area contributed by atoms with Crippen LogP contribution in [0.1, 0.15) is 22.0 Å². The van der Waals surface area contributed by atoms with Gasteiger partial charge in [0.1, 0.15) is 0 Å². The van der Waals surface area contributed by atoms with Gasteiger partial charge in [0, 0.05) is 36.5 Å². The van der Waals surface area contributed by atoms with E-state index in [0.717, 1.165) is 11.8 Å². The zero-order valence-corrected chi connectivity index (χ0v) is 16.6. The minimum atomic E-state index is -3.28. The van der Waals surface area contributed by atoms with E-state index in [1.54, 1.807) is 23.1 Å². The van der Waals surface area contributed by atoms with Gasteiger partial charge in [-0.1, -0.05) is 23.7 Å². The van der Waals surface area contributed by atoms with E-state index in [9.17, 15) is 13.2 Å². The first-order valence-corrected chi connectivity index (χ1v) is 10.2. The molecule has 0 aliphatic carbocycles. The smallest absolute Gasteiger partial charge is 0.254 e. The molecule has 1 heterocycles. The molecule has 0 bridgehead atoms. The molecule has 8 heteroatoms. The number of carbonyl (C=O) groups is 1. The third-order valence-electron chi connectivity index (χ3n) is 4.27. The predicted octanol–water partition coefficient (Wildman–Crippen LogP) is 2.95. The van der Waals surface area contributed by atoms with E-state index in [1.165, 1.54) is 12.1 Å². The lowest BCUT2D eigenvalue weighted by atomic mass is 10.0. The van der Waals surface area contributed by atoms with Crippen molar-refractivity contribution in [3.63, 3.8) is 0 Å². The normalized spacial score (nSPS) is 17.5. The van der Waals surface area contributed by atoms with E-state index < -0.39 is 9.84 Å². The van der Waals surface area contributed by atoms with Crippen molar-refractivity contribution in [3.8, 4) is 0 Å². The summed E-state index contributed by atoms with van der Waals surface area (Å²) in [5.41, 5.74) is 1.45. The van der Waals surface area contributed by atoms with Crippen LogP contribution in [0, 0.1) is 0 Å². The number of hydrogen-bond acceptors (Lipinski definition) is 4. The van der Waals surface area contributed by atoms with Gasteiger partial charge in [0.25, 0.3) is 5.91 Å². The topological polar surface area (TPSA) is 66.5 Å².